The van der Waals surface area contributed by atoms with E-state index in [9.17, 15) is 14.7 Å². The smallest absolute Gasteiger partial charge is 0.317 e. The number of aliphatic hydroxyl groups is 1. The van der Waals surface area contributed by atoms with Crippen molar-refractivity contribution < 1.29 is 14.7 Å². The van der Waals surface area contributed by atoms with Crippen molar-refractivity contribution in [1.29, 1.82) is 0 Å². The number of amides is 3. The summed E-state index contributed by atoms with van der Waals surface area (Å²) in [6.45, 7) is 3.10. The minimum atomic E-state index is -0.224. The molecule has 0 unspecified atom stereocenters. The lowest BCUT2D eigenvalue weighted by atomic mass is 9.73. The van der Waals surface area contributed by atoms with Gasteiger partial charge < -0.3 is 20.2 Å². The number of benzene rings is 1. The van der Waals surface area contributed by atoms with Crippen molar-refractivity contribution in [1.82, 2.24) is 15.1 Å². The van der Waals surface area contributed by atoms with Crippen LogP contribution in [0.1, 0.15) is 62.5 Å². The Labute approximate surface area is 185 Å². The summed E-state index contributed by atoms with van der Waals surface area (Å²) in [6, 6.07) is 7.68. The highest BCUT2D eigenvalue weighted by Crippen LogP contribution is 2.42. The van der Waals surface area contributed by atoms with Gasteiger partial charge in [0.05, 0.1) is 18.7 Å². The molecule has 166 valence electrons. The monoisotopic (exact) mass is 423 g/mol. The molecule has 2 N–H and O–H groups in total. The lowest BCUT2D eigenvalue weighted by Crippen LogP contribution is -2.73. The van der Waals surface area contributed by atoms with Crippen LogP contribution in [-0.2, 0) is 4.79 Å². The number of nitrogens with zero attached hydrogens (tertiary/aromatic N) is 2. The predicted molar refractivity (Wildman–Crippen MR) is 119 cm³/mol. The van der Waals surface area contributed by atoms with E-state index in [4.69, 9.17) is 0 Å². The highest BCUT2D eigenvalue weighted by molar-refractivity contribution is 5.87. The third-order valence-corrected chi connectivity index (χ3v) is 6.96. The molecule has 1 aromatic rings. The maximum Gasteiger partial charge on any atom is 0.317 e. The molecule has 2 aliphatic heterocycles. The van der Waals surface area contributed by atoms with Crippen molar-refractivity contribution in [2.75, 3.05) is 26.2 Å². The molecule has 2 saturated heterocycles. The molecule has 3 fully saturated rings. The van der Waals surface area contributed by atoms with Crippen molar-refractivity contribution in [3.8, 4) is 11.8 Å². The van der Waals surface area contributed by atoms with Crippen molar-refractivity contribution in [2.45, 2.75) is 63.5 Å². The largest absolute Gasteiger partial charge is 0.394 e. The topological polar surface area (TPSA) is 72.9 Å². The number of nitrogens with one attached hydrogen (secondary N) is 1. The van der Waals surface area contributed by atoms with Gasteiger partial charge in [-0.3, -0.25) is 4.79 Å². The Hall–Kier alpha value is -2.52. The first-order valence-corrected chi connectivity index (χ1v) is 11.7. The van der Waals surface area contributed by atoms with Crippen molar-refractivity contribution in [3.05, 3.63) is 35.4 Å². The van der Waals surface area contributed by atoms with Gasteiger partial charge in [-0.05, 0) is 42.9 Å². The third kappa shape index (κ3) is 4.57. The van der Waals surface area contributed by atoms with E-state index in [-0.39, 0.29) is 43.1 Å². The number of rotatable bonds is 5. The molecule has 0 aromatic heterocycles. The van der Waals surface area contributed by atoms with Crippen LogP contribution in [-0.4, -0.2) is 65.2 Å². The van der Waals surface area contributed by atoms with E-state index >= 15 is 0 Å². The first-order valence-electron chi connectivity index (χ1n) is 11.7. The van der Waals surface area contributed by atoms with E-state index in [0.717, 1.165) is 29.9 Å². The van der Waals surface area contributed by atoms with Crippen LogP contribution in [0.4, 0.5) is 4.79 Å². The summed E-state index contributed by atoms with van der Waals surface area (Å²) in [5.41, 5.74) is 2.09. The summed E-state index contributed by atoms with van der Waals surface area (Å²) in [6.07, 6.45) is 7.13. The molecule has 31 heavy (non-hydrogen) atoms. The van der Waals surface area contributed by atoms with Gasteiger partial charge in [-0.2, -0.15) is 0 Å². The normalized spacial score (nSPS) is 25.5. The second-order valence-electron chi connectivity index (χ2n) is 9.03. The van der Waals surface area contributed by atoms with Gasteiger partial charge in [-0.15, -0.1) is 0 Å². The number of hydrogen-bond donors (Lipinski definition) is 2. The summed E-state index contributed by atoms with van der Waals surface area (Å²) >= 11 is 0. The van der Waals surface area contributed by atoms with E-state index in [1.165, 1.54) is 25.7 Å². The molecule has 1 aromatic carbocycles. The van der Waals surface area contributed by atoms with Gasteiger partial charge in [0.2, 0.25) is 5.91 Å². The van der Waals surface area contributed by atoms with E-state index in [1.807, 2.05) is 19.1 Å². The molecule has 0 spiro atoms. The van der Waals surface area contributed by atoms with E-state index < -0.39 is 0 Å². The van der Waals surface area contributed by atoms with Crippen LogP contribution in [0.2, 0.25) is 0 Å². The molecule has 0 bridgehead atoms. The van der Waals surface area contributed by atoms with Crippen LogP contribution in [0.15, 0.2) is 24.3 Å². The second-order valence-corrected chi connectivity index (χ2v) is 9.03. The fraction of sp³-hybridized carbons (Fsp3) is 0.600. The number of carbonyl (C=O) groups excluding carboxylic acids is 2. The molecule has 6 heteroatoms. The number of piperazine rings is 1. The molecule has 1 aliphatic carbocycles. The Morgan fingerprint density at radius 3 is 2.65 bits per heavy atom. The number of urea groups is 1. The number of aliphatic hydroxyl groups excluding tert-OH is 1. The Balaban J connectivity index is 1.43. The molecule has 3 aliphatic rings. The van der Waals surface area contributed by atoms with Gasteiger partial charge in [0, 0.05) is 31.0 Å². The fourth-order valence-electron chi connectivity index (χ4n) is 5.30. The molecular formula is C25H33N3O3. The fourth-order valence-corrected chi connectivity index (χ4v) is 5.30. The summed E-state index contributed by atoms with van der Waals surface area (Å²) < 4.78 is 0. The standard InChI is InChI=1S/C25H33N3O3/c1-2-14-26-25(31)27-15-21-24(22(17-29)28(21)23(30)16-27)20-12-10-19(11-13-20)9-5-8-18-6-3-4-7-18/h10-13,18,21-22,24,29H,2-4,6-8,14-17H2,1H3,(H,26,31)/t21-,22-,24+/m0/s1. The second kappa shape index (κ2) is 9.74. The first-order chi connectivity index (χ1) is 15.1. The number of fused-ring (bicyclic) bond motifs is 1. The average Bonchev–Trinajstić information content (AvgIpc) is 3.28. The van der Waals surface area contributed by atoms with Gasteiger partial charge in [0.1, 0.15) is 6.54 Å². The van der Waals surface area contributed by atoms with Crippen LogP contribution in [0.25, 0.3) is 0 Å². The van der Waals surface area contributed by atoms with Crippen LogP contribution >= 0.6 is 0 Å². The third-order valence-electron chi connectivity index (χ3n) is 6.96. The molecule has 3 atom stereocenters. The highest BCUT2D eigenvalue weighted by Gasteiger charge is 2.54. The number of hydrogen-bond acceptors (Lipinski definition) is 3. The van der Waals surface area contributed by atoms with E-state index in [2.05, 4.69) is 29.3 Å². The van der Waals surface area contributed by atoms with Gasteiger partial charge in [-0.1, -0.05) is 43.7 Å². The zero-order chi connectivity index (χ0) is 21.8. The first kappa shape index (κ1) is 21.7. The van der Waals surface area contributed by atoms with Crippen molar-refractivity contribution in [2.24, 2.45) is 5.92 Å². The summed E-state index contributed by atoms with van der Waals surface area (Å²) in [4.78, 5) is 28.4. The Kier molecular flexibility index (Phi) is 6.82. The number of carbonyl (C=O) groups is 2. The van der Waals surface area contributed by atoms with E-state index in [1.54, 1.807) is 9.80 Å². The molecule has 6 nitrogen and oxygen atoms in total. The zero-order valence-corrected chi connectivity index (χ0v) is 18.3. The summed E-state index contributed by atoms with van der Waals surface area (Å²) in [7, 11) is 0. The molecular weight excluding hydrogens is 390 g/mol. The average molecular weight is 424 g/mol. The predicted octanol–water partition coefficient (Wildman–Crippen LogP) is 2.71. The Bertz CT molecular complexity index is 851. The maximum absolute atomic E-state index is 12.6. The van der Waals surface area contributed by atoms with Gasteiger partial charge >= 0.3 is 6.03 Å². The highest BCUT2D eigenvalue weighted by atomic mass is 16.3. The van der Waals surface area contributed by atoms with Crippen LogP contribution in [0, 0.1) is 17.8 Å². The Morgan fingerprint density at radius 2 is 1.97 bits per heavy atom. The van der Waals surface area contributed by atoms with Crippen molar-refractivity contribution >= 4 is 11.9 Å². The quantitative estimate of drug-likeness (QED) is 0.716. The van der Waals surface area contributed by atoms with Crippen LogP contribution < -0.4 is 5.32 Å². The van der Waals surface area contributed by atoms with Crippen molar-refractivity contribution in [3.63, 3.8) is 0 Å². The molecule has 4 rings (SSSR count). The minimum Gasteiger partial charge on any atom is -0.394 e. The lowest BCUT2D eigenvalue weighted by molar-refractivity contribution is -0.159. The summed E-state index contributed by atoms with van der Waals surface area (Å²) in [5, 5.41) is 12.8. The maximum atomic E-state index is 12.6. The minimum absolute atomic E-state index is 0.0243. The SMILES string of the molecule is CCCNC(=O)N1CC(=O)N2[C@@H](CO)[C@H](c3ccc(C#CCC4CCCC4)cc3)[C@@H]2C1. The van der Waals surface area contributed by atoms with Gasteiger partial charge in [-0.25, -0.2) is 4.79 Å². The molecule has 2 heterocycles. The van der Waals surface area contributed by atoms with Gasteiger partial charge in [0.25, 0.3) is 0 Å². The summed E-state index contributed by atoms with van der Waals surface area (Å²) in [5.74, 6) is 7.31. The Morgan fingerprint density at radius 1 is 1.23 bits per heavy atom. The zero-order valence-electron chi connectivity index (χ0n) is 18.3. The molecule has 3 amide bonds. The van der Waals surface area contributed by atoms with Gasteiger partial charge in [0.15, 0.2) is 0 Å². The van der Waals surface area contributed by atoms with Crippen LogP contribution in [0.5, 0.6) is 0 Å². The molecule has 0 radical (unpaired) electrons. The molecule has 1 saturated carbocycles. The van der Waals surface area contributed by atoms with E-state index in [0.29, 0.717) is 13.1 Å². The van der Waals surface area contributed by atoms with Crippen LogP contribution in [0.3, 0.4) is 0 Å². The lowest BCUT2D eigenvalue weighted by Gasteiger charge is -2.58.